The van der Waals surface area contributed by atoms with Crippen LogP contribution in [0.2, 0.25) is 0 Å². The number of hydrogen-bond donors (Lipinski definition) is 1. The number of aryl methyl sites for hydroxylation is 1. The number of benzene rings is 1. The van der Waals surface area contributed by atoms with E-state index < -0.39 is 0 Å². The summed E-state index contributed by atoms with van der Waals surface area (Å²) in [5.41, 5.74) is 2.41. The minimum absolute atomic E-state index is 0.0624. The number of rotatable bonds is 3. The van der Waals surface area contributed by atoms with Crippen LogP contribution < -0.4 is 5.32 Å². The predicted molar refractivity (Wildman–Crippen MR) is 63.9 cm³/mol. The Balaban J connectivity index is 2.23. The molecule has 1 fully saturated rings. The number of carbonyl (C=O) groups excluding carboxylic acids is 1. The van der Waals surface area contributed by atoms with Crippen LogP contribution in [0.5, 0.6) is 0 Å². The van der Waals surface area contributed by atoms with Gasteiger partial charge in [-0.2, -0.15) is 0 Å². The highest BCUT2D eigenvalue weighted by atomic mass is 16.2. The molecule has 0 spiro atoms. The highest BCUT2D eigenvalue weighted by molar-refractivity contribution is 5.80. The Morgan fingerprint density at radius 1 is 1.50 bits per heavy atom. The first-order valence-corrected chi connectivity index (χ1v) is 5.82. The molecule has 1 unspecified atom stereocenters. The second kappa shape index (κ2) is 4.66. The van der Waals surface area contributed by atoms with E-state index in [1.165, 1.54) is 11.1 Å². The van der Waals surface area contributed by atoms with Crippen molar-refractivity contribution >= 4 is 5.91 Å². The number of nitrogens with zero attached hydrogens (tertiary/aromatic N) is 1. The van der Waals surface area contributed by atoms with Crippen LogP contribution in [0.3, 0.4) is 0 Å². The zero-order valence-electron chi connectivity index (χ0n) is 9.86. The van der Waals surface area contributed by atoms with Gasteiger partial charge in [-0.05, 0) is 18.9 Å². The maximum absolute atomic E-state index is 11.7. The van der Waals surface area contributed by atoms with E-state index in [9.17, 15) is 4.79 Å². The molecule has 1 saturated heterocycles. The second-order valence-electron chi connectivity index (χ2n) is 4.28. The first-order valence-electron chi connectivity index (χ1n) is 5.82. The zero-order chi connectivity index (χ0) is 11.5. The topological polar surface area (TPSA) is 32.3 Å². The lowest BCUT2D eigenvalue weighted by atomic mass is 10.1. The van der Waals surface area contributed by atoms with Gasteiger partial charge >= 0.3 is 0 Å². The lowest BCUT2D eigenvalue weighted by Gasteiger charge is -2.24. The van der Waals surface area contributed by atoms with Crippen LogP contribution in [0, 0.1) is 6.92 Å². The Morgan fingerprint density at radius 2 is 2.31 bits per heavy atom. The van der Waals surface area contributed by atoms with Crippen molar-refractivity contribution in [3.63, 3.8) is 0 Å². The monoisotopic (exact) mass is 218 g/mol. The molecule has 0 saturated carbocycles. The second-order valence-corrected chi connectivity index (χ2v) is 4.28. The Labute approximate surface area is 96.5 Å². The lowest BCUT2D eigenvalue weighted by Crippen LogP contribution is -2.30. The van der Waals surface area contributed by atoms with Crippen molar-refractivity contribution in [1.29, 1.82) is 0 Å². The molecule has 0 bridgehead atoms. The fourth-order valence-electron chi connectivity index (χ4n) is 2.17. The molecule has 16 heavy (non-hydrogen) atoms. The molecule has 1 aromatic carbocycles. The van der Waals surface area contributed by atoms with Gasteiger partial charge in [-0.3, -0.25) is 10.1 Å². The SMILES string of the molecule is CCCN1C(=O)CNC1c1cccc(C)c1. The fraction of sp³-hybridized carbons (Fsp3) is 0.462. The fourth-order valence-corrected chi connectivity index (χ4v) is 2.17. The van der Waals surface area contributed by atoms with E-state index in [0.29, 0.717) is 6.54 Å². The van der Waals surface area contributed by atoms with Gasteiger partial charge in [-0.25, -0.2) is 0 Å². The third kappa shape index (κ3) is 2.09. The van der Waals surface area contributed by atoms with Crippen LogP contribution >= 0.6 is 0 Å². The summed E-state index contributed by atoms with van der Waals surface area (Å²) in [6, 6.07) is 8.33. The van der Waals surface area contributed by atoms with E-state index in [2.05, 4.69) is 37.4 Å². The number of amides is 1. The molecular formula is C13H18N2O. The third-order valence-corrected chi connectivity index (χ3v) is 2.90. The summed E-state index contributed by atoms with van der Waals surface area (Å²) in [5.74, 6) is 0.202. The summed E-state index contributed by atoms with van der Waals surface area (Å²) >= 11 is 0. The predicted octanol–water partition coefficient (Wildman–Crippen LogP) is 1.84. The highest BCUT2D eigenvalue weighted by Crippen LogP contribution is 2.23. The maximum atomic E-state index is 11.7. The normalized spacial score (nSPS) is 20.5. The third-order valence-electron chi connectivity index (χ3n) is 2.90. The van der Waals surface area contributed by atoms with E-state index in [1.807, 2.05) is 11.0 Å². The van der Waals surface area contributed by atoms with Crippen molar-refractivity contribution in [3.8, 4) is 0 Å². The quantitative estimate of drug-likeness (QED) is 0.839. The summed E-state index contributed by atoms with van der Waals surface area (Å²) in [6.07, 6.45) is 1.06. The smallest absolute Gasteiger partial charge is 0.238 e. The van der Waals surface area contributed by atoms with Gasteiger partial charge in [0.2, 0.25) is 5.91 Å². The number of carbonyl (C=O) groups is 1. The molecule has 1 heterocycles. The van der Waals surface area contributed by atoms with Crippen molar-refractivity contribution in [1.82, 2.24) is 10.2 Å². The summed E-state index contributed by atoms with van der Waals surface area (Å²) < 4.78 is 0. The van der Waals surface area contributed by atoms with Gasteiger partial charge in [0.05, 0.1) is 6.54 Å². The summed E-state index contributed by atoms with van der Waals surface area (Å²) in [6.45, 7) is 5.45. The molecule has 1 amide bonds. The van der Waals surface area contributed by atoms with E-state index in [-0.39, 0.29) is 12.1 Å². The highest BCUT2D eigenvalue weighted by Gasteiger charge is 2.30. The van der Waals surface area contributed by atoms with Crippen molar-refractivity contribution in [2.24, 2.45) is 0 Å². The largest absolute Gasteiger partial charge is 0.322 e. The van der Waals surface area contributed by atoms with Crippen LogP contribution in [0.15, 0.2) is 24.3 Å². The van der Waals surface area contributed by atoms with Gasteiger partial charge in [-0.15, -0.1) is 0 Å². The number of hydrogen-bond acceptors (Lipinski definition) is 2. The van der Waals surface area contributed by atoms with Crippen molar-refractivity contribution in [2.45, 2.75) is 26.4 Å². The Morgan fingerprint density at radius 3 is 3.00 bits per heavy atom. The summed E-state index contributed by atoms with van der Waals surface area (Å²) in [7, 11) is 0. The molecule has 1 aliphatic rings. The Kier molecular flexibility index (Phi) is 3.25. The summed E-state index contributed by atoms with van der Waals surface area (Å²) in [5, 5.41) is 3.26. The van der Waals surface area contributed by atoms with Gasteiger partial charge in [0.1, 0.15) is 6.17 Å². The van der Waals surface area contributed by atoms with E-state index in [0.717, 1.165) is 13.0 Å². The standard InChI is InChI=1S/C13H18N2O/c1-3-7-15-12(16)9-14-13(15)11-6-4-5-10(2)8-11/h4-6,8,13-14H,3,7,9H2,1-2H3. The van der Waals surface area contributed by atoms with Crippen LogP contribution in [0.25, 0.3) is 0 Å². The van der Waals surface area contributed by atoms with E-state index >= 15 is 0 Å². The van der Waals surface area contributed by atoms with E-state index in [4.69, 9.17) is 0 Å². The van der Waals surface area contributed by atoms with Gasteiger partial charge in [-0.1, -0.05) is 36.8 Å². The van der Waals surface area contributed by atoms with Crippen LogP contribution in [0.1, 0.15) is 30.6 Å². The van der Waals surface area contributed by atoms with E-state index in [1.54, 1.807) is 0 Å². The number of nitrogens with one attached hydrogen (secondary N) is 1. The molecule has 3 heteroatoms. The lowest BCUT2D eigenvalue weighted by molar-refractivity contribution is -0.128. The minimum Gasteiger partial charge on any atom is -0.322 e. The molecule has 0 aliphatic carbocycles. The van der Waals surface area contributed by atoms with Crippen molar-refractivity contribution < 1.29 is 4.79 Å². The molecule has 2 rings (SSSR count). The average molecular weight is 218 g/mol. The maximum Gasteiger partial charge on any atom is 0.238 e. The molecular weight excluding hydrogens is 200 g/mol. The molecule has 0 radical (unpaired) electrons. The first-order chi connectivity index (χ1) is 7.72. The Bertz CT molecular complexity index is 389. The first kappa shape index (κ1) is 11.1. The molecule has 1 aromatic rings. The Hall–Kier alpha value is -1.35. The zero-order valence-corrected chi connectivity index (χ0v) is 9.86. The van der Waals surface area contributed by atoms with Crippen molar-refractivity contribution in [2.75, 3.05) is 13.1 Å². The van der Waals surface area contributed by atoms with Crippen LogP contribution in [-0.4, -0.2) is 23.9 Å². The van der Waals surface area contributed by atoms with Crippen LogP contribution in [-0.2, 0) is 4.79 Å². The minimum atomic E-state index is 0.0624. The molecule has 1 atom stereocenters. The molecule has 3 nitrogen and oxygen atoms in total. The van der Waals surface area contributed by atoms with Gasteiger partial charge in [0.15, 0.2) is 0 Å². The van der Waals surface area contributed by atoms with Gasteiger partial charge < -0.3 is 4.90 Å². The summed E-state index contributed by atoms with van der Waals surface area (Å²) in [4.78, 5) is 13.6. The molecule has 0 aromatic heterocycles. The average Bonchev–Trinajstić information content (AvgIpc) is 2.61. The van der Waals surface area contributed by atoms with Gasteiger partial charge in [0, 0.05) is 6.54 Å². The molecule has 1 N–H and O–H groups in total. The van der Waals surface area contributed by atoms with Crippen LogP contribution in [0.4, 0.5) is 0 Å². The van der Waals surface area contributed by atoms with Gasteiger partial charge in [0.25, 0.3) is 0 Å². The van der Waals surface area contributed by atoms with Crippen molar-refractivity contribution in [3.05, 3.63) is 35.4 Å². The molecule has 1 aliphatic heterocycles. The molecule has 86 valence electrons.